The fraction of sp³-hybridized carbons (Fsp3) is 0.462. The summed E-state index contributed by atoms with van der Waals surface area (Å²) in [7, 11) is 1.78. The molecule has 0 amide bonds. The summed E-state index contributed by atoms with van der Waals surface area (Å²) in [5.74, 6) is 0. The van der Waals surface area contributed by atoms with Crippen LogP contribution in [0.15, 0.2) is 17.1 Å². The molecule has 1 saturated carbocycles. The fourth-order valence-electron chi connectivity index (χ4n) is 2.10. The van der Waals surface area contributed by atoms with Crippen molar-refractivity contribution < 1.29 is 0 Å². The van der Waals surface area contributed by atoms with Crippen molar-refractivity contribution in [3.63, 3.8) is 0 Å². The molecule has 2 aromatic rings. The van der Waals surface area contributed by atoms with Crippen molar-refractivity contribution in [3.8, 4) is 0 Å². The topological polar surface area (TPSA) is 64.7 Å². The zero-order valence-corrected chi connectivity index (χ0v) is 12.2. The fourth-order valence-corrected chi connectivity index (χ4v) is 2.33. The maximum absolute atomic E-state index is 12.1. The van der Waals surface area contributed by atoms with Crippen molar-refractivity contribution in [3.05, 3.63) is 39.0 Å². The molecule has 0 aliphatic heterocycles. The van der Waals surface area contributed by atoms with Crippen molar-refractivity contribution >= 4 is 17.3 Å². The number of nitrogens with one attached hydrogen (secondary N) is 1. The van der Waals surface area contributed by atoms with Gasteiger partial charge in [0, 0.05) is 24.7 Å². The first kappa shape index (κ1) is 13.2. The van der Waals surface area contributed by atoms with E-state index in [0.29, 0.717) is 17.7 Å². The van der Waals surface area contributed by atoms with E-state index in [1.807, 2.05) is 6.92 Å². The number of nitrogens with zero attached hydrogens (tertiary/aromatic N) is 4. The number of hydrogen-bond acceptors (Lipinski definition) is 4. The highest BCUT2D eigenvalue weighted by Gasteiger charge is 2.21. The second-order valence-corrected chi connectivity index (χ2v) is 5.50. The van der Waals surface area contributed by atoms with Gasteiger partial charge in [0.1, 0.15) is 5.15 Å². The van der Waals surface area contributed by atoms with E-state index in [-0.39, 0.29) is 5.56 Å². The smallest absolute Gasteiger partial charge is 0.269 e. The molecule has 0 saturated heterocycles. The molecular formula is C13H16ClN5O. The van der Waals surface area contributed by atoms with E-state index in [9.17, 15) is 4.79 Å². The molecule has 0 spiro atoms. The van der Waals surface area contributed by atoms with Crippen LogP contribution in [0, 0.1) is 6.92 Å². The molecule has 1 N–H and O–H groups in total. The monoisotopic (exact) mass is 293 g/mol. The van der Waals surface area contributed by atoms with Gasteiger partial charge in [-0.05, 0) is 19.8 Å². The molecule has 7 heteroatoms. The number of anilines is 1. The normalized spacial score (nSPS) is 14.6. The van der Waals surface area contributed by atoms with E-state index in [4.69, 9.17) is 11.6 Å². The van der Waals surface area contributed by atoms with Crippen molar-refractivity contribution in [1.82, 2.24) is 19.6 Å². The van der Waals surface area contributed by atoms with Crippen molar-refractivity contribution in [2.75, 3.05) is 5.32 Å². The Morgan fingerprint density at radius 1 is 1.50 bits per heavy atom. The molecule has 1 aliphatic rings. The molecule has 0 unspecified atom stereocenters. The van der Waals surface area contributed by atoms with Crippen LogP contribution in [0.5, 0.6) is 0 Å². The first-order chi connectivity index (χ1) is 9.54. The molecule has 0 radical (unpaired) electrons. The summed E-state index contributed by atoms with van der Waals surface area (Å²) in [5.41, 5.74) is 2.27. The summed E-state index contributed by atoms with van der Waals surface area (Å²) in [6.45, 7) is 2.20. The molecule has 1 fully saturated rings. The molecule has 0 atom stereocenters. The van der Waals surface area contributed by atoms with Crippen LogP contribution in [0.4, 0.5) is 5.69 Å². The van der Waals surface area contributed by atoms with E-state index in [1.165, 1.54) is 4.68 Å². The third-order valence-electron chi connectivity index (χ3n) is 3.40. The Morgan fingerprint density at radius 3 is 2.80 bits per heavy atom. The van der Waals surface area contributed by atoms with Gasteiger partial charge in [0.15, 0.2) is 0 Å². The SMILES string of the molecule is Cc1nn(C)c(Cl)c1Cn1ncc(NC2CC2)cc1=O. The van der Waals surface area contributed by atoms with Gasteiger partial charge in [-0.3, -0.25) is 9.48 Å². The lowest BCUT2D eigenvalue weighted by atomic mass is 10.2. The lowest BCUT2D eigenvalue weighted by Gasteiger charge is -2.07. The third-order valence-corrected chi connectivity index (χ3v) is 3.87. The van der Waals surface area contributed by atoms with Gasteiger partial charge in [-0.1, -0.05) is 11.6 Å². The van der Waals surface area contributed by atoms with Crippen LogP contribution in [0.25, 0.3) is 0 Å². The van der Waals surface area contributed by atoms with Crippen molar-refractivity contribution in [2.45, 2.75) is 32.4 Å². The van der Waals surface area contributed by atoms with Crippen LogP contribution in [-0.4, -0.2) is 25.6 Å². The van der Waals surface area contributed by atoms with E-state index in [0.717, 1.165) is 29.8 Å². The molecule has 2 aromatic heterocycles. The minimum atomic E-state index is -0.144. The second kappa shape index (κ2) is 4.94. The van der Waals surface area contributed by atoms with E-state index in [1.54, 1.807) is 24.0 Å². The summed E-state index contributed by atoms with van der Waals surface area (Å²) in [4.78, 5) is 12.1. The average Bonchev–Trinajstić information content (AvgIpc) is 3.16. The maximum atomic E-state index is 12.1. The van der Waals surface area contributed by atoms with E-state index < -0.39 is 0 Å². The van der Waals surface area contributed by atoms with E-state index in [2.05, 4.69) is 15.5 Å². The molecule has 106 valence electrons. The quantitative estimate of drug-likeness (QED) is 0.929. The predicted molar refractivity (Wildman–Crippen MR) is 77.2 cm³/mol. The molecule has 0 aromatic carbocycles. The summed E-state index contributed by atoms with van der Waals surface area (Å²) in [6, 6.07) is 2.08. The lowest BCUT2D eigenvalue weighted by Crippen LogP contribution is -2.23. The molecule has 3 rings (SSSR count). The van der Waals surface area contributed by atoms with Gasteiger partial charge < -0.3 is 5.32 Å². The molecule has 0 bridgehead atoms. The predicted octanol–water partition coefficient (Wildman–Crippen LogP) is 1.56. The molecule has 1 aliphatic carbocycles. The molecule has 2 heterocycles. The van der Waals surface area contributed by atoms with Gasteiger partial charge in [-0.25, -0.2) is 4.68 Å². The highest BCUT2D eigenvalue weighted by Crippen LogP contribution is 2.23. The Hall–Kier alpha value is -1.82. The Labute approximate surface area is 121 Å². The van der Waals surface area contributed by atoms with Crippen molar-refractivity contribution in [2.24, 2.45) is 7.05 Å². The van der Waals surface area contributed by atoms with Gasteiger partial charge in [-0.2, -0.15) is 10.2 Å². The molecule has 6 nitrogen and oxygen atoms in total. The summed E-state index contributed by atoms with van der Waals surface area (Å²) < 4.78 is 2.99. The summed E-state index contributed by atoms with van der Waals surface area (Å²) in [6.07, 6.45) is 4.00. The third kappa shape index (κ3) is 2.56. The van der Waals surface area contributed by atoms with Crippen molar-refractivity contribution in [1.29, 1.82) is 0 Å². The second-order valence-electron chi connectivity index (χ2n) is 5.14. The van der Waals surface area contributed by atoms with Crippen LogP contribution >= 0.6 is 11.6 Å². The highest BCUT2D eigenvalue weighted by molar-refractivity contribution is 6.30. The van der Waals surface area contributed by atoms with Crippen LogP contribution in [0.2, 0.25) is 5.15 Å². The van der Waals surface area contributed by atoms with Crippen LogP contribution < -0.4 is 10.9 Å². The number of halogens is 1. The largest absolute Gasteiger partial charge is 0.381 e. The zero-order valence-electron chi connectivity index (χ0n) is 11.4. The average molecular weight is 294 g/mol. The minimum absolute atomic E-state index is 0.144. The van der Waals surface area contributed by atoms with Gasteiger partial charge in [-0.15, -0.1) is 0 Å². The maximum Gasteiger partial charge on any atom is 0.269 e. The van der Waals surface area contributed by atoms with Gasteiger partial charge in [0.25, 0.3) is 5.56 Å². The van der Waals surface area contributed by atoms with Crippen LogP contribution in [0.1, 0.15) is 24.1 Å². The highest BCUT2D eigenvalue weighted by atomic mass is 35.5. The number of rotatable bonds is 4. The van der Waals surface area contributed by atoms with Gasteiger partial charge >= 0.3 is 0 Å². The minimum Gasteiger partial charge on any atom is -0.381 e. The first-order valence-electron chi connectivity index (χ1n) is 6.56. The number of hydrogen-bond donors (Lipinski definition) is 1. The van der Waals surface area contributed by atoms with Gasteiger partial charge in [0.05, 0.1) is 24.1 Å². The Bertz CT molecular complexity index is 701. The Balaban J connectivity index is 1.85. The van der Waals surface area contributed by atoms with Gasteiger partial charge in [0.2, 0.25) is 0 Å². The summed E-state index contributed by atoms with van der Waals surface area (Å²) in [5, 5.41) is 12.2. The van der Waals surface area contributed by atoms with E-state index >= 15 is 0 Å². The number of aryl methyl sites for hydroxylation is 2. The standard InChI is InChI=1S/C13H16ClN5O/c1-8-11(13(14)18(2)17-8)7-19-12(20)5-10(6-15-19)16-9-3-4-9/h5-6,9,16H,3-4,7H2,1-2H3. The zero-order chi connectivity index (χ0) is 14.3. The van der Waals surface area contributed by atoms with Crippen LogP contribution in [0.3, 0.4) is 0 Å². The molecule has 20 heavy (non-hydrogen) atoms. The Morgan fingerprint density at radius 2 is 2.25 bits per heavy atom. The first-order valence-corrected chi connectivity index (χ1v) is 6.94. The summed E-state index contributed by atoms with van der Waals surface area (Å²) >= 11 is 6.17. The molecular weight excluding hydrogens is 278 g/mol. The van der Waals surface area contributed by atoms with Crippen LogP contribution in [-0.2, 0) is 13.6 Å². The Kier molecular flexibility index (Phi) is 3.25. The lowest BCUT2D eigenvalue weighted by molar-refractivity contribution is 0.637. The number of aromatic nitrogens is 4.